The van der Waals surface area contributed by atoms with Gasteiger partial charge >= 0.3 is 5.97 Å². The van der Waals surface area contributed by atoms with Gasteiger partial charge in [0, 0.05) is 12.1 Å². The van der Waals surface area contributed by atoms with Crippen LogP contribution < -0.4 is 5.73 Å². The van der Waals surface area contributed by atoms with Crippen LogP contribution in [0, 0.1) is 11.3 Å². The van der Waals surface area contributed by atoms with Crippen molar-refractivity contribution in [3.8, 4) is 6.07 Å². The van der Waals surface area contributed by atoms with Crippen LogP contribution in [-0.2, 0) is 11.3 Å². The van der Waals surface area contributed by atoms with Gasteiger partial charge < -0.3 is 10.5 Å². The Balaban J connectivity index is 2.62. The van der Waals surface area contributed by atoms with Gasteiger partial charge in [-0.3, -0.25) is 0 Å². The zero-order valence-electron chi connectivity index (χ0n) is 7.36. The van der Waals surface area contributed by atoms with Gasteiger partial charge in [-0.2, -0.15) is 5.26 Å². The van der Waals surface area contributed by atoms with E-state index in [1.54, 1.807) is 18.2 Å². The largest absolute Gasteiger partial charge is 0.438 e. The lowest BCUT2D eigenvalue weighted by molar-refractivity contribution is 0.0477. The molecule has 70 valence electrons. The second kappa shape index (κ2) is 3.13. The number of hydrogen-bond acceptors (Lipinski definition) is 4. The number of benzene rings is 1. The number of esters is 1. The molecule has 1 aromatic rings. The Morgan fingerprint density at radius 3 is 3.00 bits per heavy atom. The molecule has 0 aliphatic carbocycles. The third kappa shape index (κ3) is 1.07. The molecule has 4 nitrogen and oxygen atoms in total. The predicted molar refractivity (Wildman–Crippen MR) is 48.1 cm³/mol. The quantitative estimate of drug-likeness (QED) is 0.664. The Hall–Kier alpha value is -1.86. The number of ether oxygens (including phenoxy) is 1. The van der Waals surface area contributed by atoms with Crippen molar-refractivity contribution in [2.24, 2.45) is 5.73 Å². The van der Waals surface area contributed by atoms with Crippen LogP contribution in [0.3, 0.4) is 0 Å². The maximum absolute atomic E-state index is 11.4. The molecule has 1 aromatic carbocycles. The molecule has 0 saturated carbocycles. The number of nitrogens with zero attached hydrogens (tertiary/aromatic N) is 1. The van der Waals surface area contributed by atoms with Crippen molar-refractivity contribution in [2.45, 2.75) is 12.6 Å². The molecular weight excluding hydrogens is 180 g/mol. The standard InChI is InChI=1S/C10H8N2O2/c11-4-6-2-1-3-7-8(5-12)14-10(13)9(6)7/h1-3,8H,4,11H2. The zero-order chi connectivity index (χ0) is 10.1. The minimum Gasteiger partial charge on any atom is -0.438 e. The van der Waals surface area contributed by atoms with E-state index < -0.39 is 12.1 Å². The summed E-state index contributed by atoms with van der Waals surface area (Å²) < 4.78 is 4.87. The highest BCUT2D eigenvalue weighted by Crippen LogP contribution is 2.31. The van der Waals surface area contributed by atoms with E-state index in [-0.39, 0.29) is 6.54 Å². The van der Waals surface area contributed by atoms with Crippen molar-refractivity contribution in [3.05, 3.63) is 34.9 Å². The molecule has 0 fully saturated rings. The second-order valence-electron chi connectivity index (χ2n) is 3.00. The Labute approximate surface area is 80.9 Å². The minimum absolute atomic E-state index is 0.274. The maximum Gasteiger partial charge on any atom is 0.340 e. The Kier molecular flexibility index (Phi) is 1.95. The third-order valence-electron chi connectivity index (χ3n) is 2.23. The number of fused-ring (bicyclic) bond motifs is 1. The summed E-state index contributed by atoms with van der Waals surface area (Å²) in [5, 5.41) is 8.74. The molecule has 0 saturated heterocycles. The van der Waals surface area contributed by atoms with E-state index >= 15 is 0 Å². The zero-order valence-corrected chi connectivity index (χ0v) is 7.36. The van der Waals surface area contributed by atoms with Crippen LogP contribution in [0.4, 0.5) is 0 Å². The van der Waals surface area contributed by atoms with Crippen LogP contribution in [-0.4, -0.2) is 5.97 Å². The number of carbonyl (C=O) groups is 1. The summed E-state index contributed by atoms with van der Waals surface area (Å²) in [6.45, 7) is 0.274. The van der Waals surface area contributed by atoms with E-state index in [9.17, 15) is 4.79 Å². The summed E-state index contributed by atoms with van der Waals surface area (Å²) in [4.78, 5) is 11.4. The molecule has 1 atom stereocenters. The fraction of sp³-hybridized carbons (Fsp3) is 0.200. The molecule has 0 aromatic heterocycles. The third-order valence-corrected chi connectivity index (χ3v) is 2.23. The van der Waals surface area contributed by atoms with Crippen molar-refractivity contribution < 1.29 is 9.53 Å². The predicted octanol–water partition coefficient (Wildman–Crippen LogP) is 0.880. The van der Waals surface area contributed by atoms with Gasteiger partial charge in [0.1, 0.15) is 6.07 Å². The number of carbonyl (C=O) groups excluding carboxylic acids is 1. The molecule has 2 N–H and O–H groups in total. The fourth-order valence-corrected chi connectivity index (χ4v) is 1.58. The molecule has 0 radical (unpaired) electrons. The molecule has 14 heavy (non-hydrogen) atoms. The minimum atomic E-state index is -0.774. The lowest BCUT2D eigenvalue weighted by atomic mass is 10.0. The Bertz CT molecular complexity index is 434. The molecule has 1 heterocycles. The van der Waals surface area contributed by atoms with Gasteiger partial charge in [-0.15, -0.1) is 0 Å². The summed E-state index contributed by atoms with van der Waals surface area (Å²) in [6, 6.07) is 7.17. The average molecular weight is 188 g/mol. The summed E-state index contributed by atoms with van der Waals surface area (Å²) in [6.07, 6.45) is -0.774. The van der Waals surface area contributed by atoms with Gasteiger partial charge in [0.2, 0.25) is 6.10 Å². The van der Waals surface area contributed by atoms with Gasteiger partial charge in [0.15, 0.2) is 0 Å². The monoisotopic (exact) mass is 188 g/mol. The van der Waals surface area contributed by atoms with Crippen molar-refractivity contribution in [3.63, 3.8) is 0 Å². The topological polar surface area (TPSA) is 76.1 Å². The van der Waals surface area contributed by atoms with Crippen LogP contribution in [0.2, 0.25) is 0 Å². The van der Waals surface area contributed by atoms with Crippen LogP contribution in [0.25, 0.3) is 0 Å². The molecule has 0 amide bonds. The summed E-state index contributed by atoms with van der Waals surface area (Å²) in [5.74, 6) is -0.451. The molecule has 4 heteroatoms. The second-order valence-corrected chi connectivity index (χ2v) is 3.00. The first kappa shape index (κ1) is 8.73. The van der Waals surface area contributed by atoms with E-state index in [4.69, 9.17) is 15.7 Å². The molecule has 2 rings (SSSR count). The van der Waals surface area contributed by atoms with Gasteiger partial charge in [0.05, 0.1) is 5.56 Å². The van der Waals surface area contributed by atoms with Gasteiger partial charge in [0.25, 0.3) is 0 Å². The highest BCUT2D eigenvalue weighted by molar-refractivity contribution is 5.96. The summed E-state index contributed by atoms with van der Waals surface area (Å²) >= 11 is 0. The SMILES string of the molecule is N#CC1OC(=O)c2c(CN)cccc21. The van der Waals surface area contributed by atoms with E-state index in [0.29, 0.717) is 11.1 Å². The first-order chi connectivity index (χ1) is 6.77. The van der Waals surface area contributed by atoms with Crippen molar-refractivity contribution in [1.82, 2.24) is 0 Å². The molecule has 1 aliphatic heterocycles. The first-order valence-electron chi connectivity index (χ1n) is 4.20. The van der Waals surface area contributed by atoms with E-state index in [1.165, 1.54) is 0 Å². The molecule has 0 bridgehead atoms. The van der Waals surface area contributed by atoms with E-state index in [2.05, 4.69) is 0 Å². The van der Waals surface area contributed by atoms with Crippen LogP contribution >= 0.6 is 0 Å². The van der Waals surface area contributed by atoms with Crippen LogP contribution in [0.15, 0.2) is 18.2 Å². The summed E-state index contributed by atoms with van der Waals surface area (Å²) in [7, 11) is 0. The van der Waals surface area contributed by atoms with Gasteiger partial charge in [-0.1, -0.05) is 18.2 Å². The molecule has 0 spiro atoms. The number of nitriles is 1. The van der Waals surface area contributed by atoms with E-state index in [1.807, 2.05) is 6.07 Å². The molecular formula is C10H8N2O2. The Morgan fingerprint density at radius 1 is 1.57 bits per heavy atom. The summed E-state index contributed by atoms with van der Waals surface area (Å²) in [5.41, 5.74) is 7.29. The number of hydrogen-bond donors (Lipinski definition) is 1. The average Bonchev–Trinajstić information content (AvgIpc) is 2.55. The number of nitrogens with two attached hydrogens (primary N) is 1. The maximum atomic E-state index is 11.4. The highest BCUT2D eigenvalue weighted by Gasteiger charge is 2.32. The van der Waals surface area contributed by atoms with Crippen molar-refractivity contribution in [2.75, 3.05) is 0 Å². The van der Waals surface area contributed by atoms with Gasteiger partial charge in [-0.25, -0.2) is 4.79 Å². The lowest BCUT2D eigenvalue weighted by Gasteiger charge is -2.01. The Morgan fingerprint density at radius 2 is 2.36 bits per heavy atom. The van der Waals surface area contributed by atoms with Gasteiger partial charge in [-0.05, 0) is 5.56 Å². The normalized spacial score (nSPS) is 18.6. The lowest BCUT2D eigenvalue weighted by Crippen LogP contribution is -2.04. The van der Waals surface area contributed by atoms with Crippen molar-refractivity contribution in [1.29, 1.82) is 5.26 Å². The van der Waals surface area contributed by atoms with Crippen LogP contribution in [0.1, 0.15) is 27.6 Å². The molecule has 1 unspecified atom stereocenters. The smallest absolute Gasteiger partial charge is 0.340 e. The first-order valence-corrected chi connectivity index (χ1v) is 4.20. The highest BCUT2D eigenvalue weighted by atomic mass is 16.5. The molecule has 1 aliphatic rings. The number of cyclic esters (lactones) is 1. The number of rotatable bonds is 1. The van der Waals surface area contributed by atoms with E-state index in [0.717, 1.165) is 5.56 Å². The fourth-order valence-electron chi connectivity index (χ4n) is 1.58. The van der Waals surface area contributed by atoms with Crippen molar-refractivity contribution >= 4 is 5.97 Å². The van der Waals surface area contributed by atoms with Crippen LogP contribution in [0.5, 0.6) is 0 Å².